The summed E-state index contributed by atoms with van der Waals surface area (Å²) in [5.41, 5.74) is 1.47. The smallest absolute Gasteiger partial charge is 0.000806 e. The molecule has 0 aliphatic heterocycles. The highest BCUT2D eigenvalue weighted by atomic mass is 32.1. The Morgan fingerprint density at radius 2 is 2.00 bits per heavy atom. The lowest BCUT2D eigenvalue weighted by atomic mass is 10.1. The summed E-state index contributed by atoms with van der Waals surface area (Å²) in [5, 5.41) is 7.90. The third-order valence-electron chi connectivity index (χ3n) is 2.63. The van der Waals surface area contributed by atoms with E-state index >= 15 is 0 Å². The minimum absolute atomic E-state index is 1.13. The summed E-state index contributed by atoms with van der Waals surface area (Å²) < 4.78 is 0. The van der Waals surface area contributed by atoms with Gasteiger partial charge in [0.15, 0.2) is 0 Å². The second-order valence-corrected chi connectivity index (χ2v) is 4.83. The van der Waals surface area contributed by atoms with Crippen LogP contribution in [0.1, 0.15) is 44.6 Å². The third kappa shape index (κ3) is 6.69. The molecule has 1 heterocycles. The first-order valence-electron chi connectivity index (χ1n) is 6.15. The van der Waals surface area contributed by atoms with Gasteiger partial charge in [-0.05, 0) is 48.3 Å². The molecule has 1 N–H and O–H groups in total. The Morgan fingerprint density at radius 1 is 1.13 bits per heavy atom. The van der Waals surface area contributed by atoms with Crippen molar-refractivity contribution in [2.75, 3.05) is 13.1 Å². The average Bonchev–Trinajstić information content (AvgIpc) is 2.75. The van der Waals surface area contributed by atoms with E-state index in [4.69, 9.17) is 0 Å². The predicted octanol–water partition coefficient (Wildman–Crippen LogP) is 3.85. The fraction of sp³-hybridized carbons (Fsp3) is 0.692. The number of thiophene rings is 1. The number of hydrogen-bond acceptors (Lipinski definition) is 2. The van der Waals surface area contributed by atoms with Gasteiger partial charge in [-0.15, -0.1) is 0 Å². The van der Waals surface area contributed by atoms with Gasteiger partial charge in [-0.3, -0.25) is 0 Å². The van der Waals surface area contributed by atoms with E-state index in [2.05, 4.69) is 29.1 Å². The lowest BCUT2D eigenvalue weighted by Crippen LogP contribution is -2.18. The average molecular weight is 225 g/mol. The summed E-state index contributed by atoms with van der Waals surface area (Å²) in [6.45, 7) is 4.58. The van der Waals surface area contributed by atoms with E-state index in [1.54, 1.807) is 11.3 Å². The monoisotopic (exact) mass is 225 g/mol. The molecular weight excluding hydrogens is 202 g/mol. The van der Waals surface area contributed by atoms with Gasteiger partial charge in [0.2, 0.25) is 0 Å². The first-order valence-corrected chi connectivity index (χ1v) is 7.09. The van der Waals surface area contributed by atoms with E-state index in [1.165, 1.54) is 50.6 Å². The van der Waals surface area contributed by atoms with E-state index in [9.17, 15) is 0 Å². The lowest BCUT2D eigenvalue weighted by Gasteiger charge is -2.03. The maximum absolute atomic E-state index is 3.51. The Hall–Kier alpha value is -0.340. The van der Waals surface area contributed by atoms with Crippen LogP contribution in [0.2, 0.25) is 0 Å². The number of hydrogen-bond donors (Lipinski definition) is 1. The Morgan fingerprint density at radius 3 is 2.73 bits per heavy atom. The molecule has 0 amide bonds. The van der Waals surface area contributed by atoms with Gasteiger partial charge in [0, 0.05) is 0 Å². The van der Waals surface area contributed by atoms with Crippen molar-refractivity contribution in [1.29, 1.82) is 0 Å². The SMILES string of the molecule is CCCCCCCNCCc1ccsc1. The van der Waals surface area contributed by atoms with Crippen LogP contribution in [0.3, 0.4) is 0 Å². The van der Waals surface area contributed by atoms with Crippen LogP contribution < -0.4 is 5.32 Å². The van der Waals surface area contributed by atoms with E-state index in [0.29, 0.717) is 0 Å². The molecule has 1 rings (SSSR count). The largest absolute Gasteiger partial charge is 0.316 e. The first kappa shape index (κ1) is 12.7. The molecule has 86 valence electrons. The molecule has 1 aromatic heterocycles. The third-order valence-corrected chi connectivity index (χ3v) is 3.36. The number of rotatable bonds is 9. The van der Waals surface area contributed by atoms with Crippen molar-refractivity contribution in [3.8, 4) is 0 Å². The van der Waals surface area contributed by atoms with Gasteiger partial charge in [0.05, 0.1) is 0 Å². The van der Waals surface area contributed by atoms with Gasteiger partial charge >= 0.3 is 0 Å². The minimum Gasteiger partial charge on any atom is -0.316 e. The molecule has 1 nitrogen and oxygen atoms in total. The molecule has 0 bridgehead atoms. The predicted molar refractivity (Wildman–Crippen MR) is 69.7 cm³/mol. The highest BCUT2D eigenvalue weighted by Crippen LogP contribution is 2.05. The normalized spacial score (nSPS) is 10.7. The Bertz CT molecular complexity index is 218. The van der Waals surface area contributed by atoms with Crippen LogP contribution in [0, 0.1) is 0 Å². The van der Waals surface area contributed by atoms with Crippen molar-refractivity contribution in [2.24, 2.45) is 0 Å². The van der Waals surface area contributed by atoms with Crippen molar-refractivity contribution in [1.82, 2.24) is 5.32 Å². The Balaban J connectivity index is 1.81. The van der Waals surface area contributed by atoms with Crippen molar-refractivity contribution in [3.05, 3.63) is 22.4 Å². The summed E-state index contributed by atoms with van der Waals surface area (Å²) in [4.78, 5) is 0. The number of unbranched alkanes of at least 4 members (excludes halogenated alkanes) is 4. The molecule has 0 aliphatic carbocycles. The summed E-state index contributed by atoms with van der Waals surface area (Å²) in [7, 11) is 0. The summed E-state index contributed by atoms with van der Waals surface area (Å²) in [6.07, 6.45) is 8.05. The highest BCUT2D eigenvalue weighted by molar-refractivity contribution is 7.07. The zero-order valence-electron chi connectivity index (χ0n) is 9.80. The second kappa shape index (κ2) is 8.93. The van der Waals surface area contributed by atoms with Crippen molar-refractivity contribution >= 4 is 11.3 Å². The fourth-order valence-electron chi connectivity index (χ4n) is 1.65. The molecule has 0 unspecified atom stereocenters. The number of nitrogens with one attached hydrogen (secondary N) is 1. The van der Waals surface area contributed by atoms with Crippen molar-refractivity contribution < 1.29 is 0 Å². The molecule has 1 aromatic rings. The van der Waals surface area contributed by atoms with Crippen molar-refractivity contribution in [2.45, 2.75) is 45.4 Å². The molecule has 0 saturated heterocycles. The lowest BCUT2D eigenvalue weighted by molar-refractivity contribution is 0.584. The summed E-state index contributed by atoms with van der Waals surface area (Å²) in [6, 6.07) is 2.22. The molecular formula is C13H23NS. The zero-order valence-corrected chi connectivity index (χ0v) is 10.6. The van der Waals surface area contributed by atoms with Gasteiger partial charge in [-0.25, -0.2) is 0 Å². The van der Waals surface area contributed by atoms with Gasteiger partial charge in [-0.2, -0.15) is 11.3 Å². The van der Waals surface area contributed by atoms with Crippen LogP contribution in [0.15, 0.2) is 16.8 Å². The summed E-state index contributed by atoms with van der Waals surface area (Å²) in [5.74, 6) is 0. The van der Waals surface area contributed by atoms with Gasteiger partial charge < -0.3 is 5.32 Å². The molecule has 0 aromatic carbocycles. The Kier molecular flexibility index (Phi) is 7.58. The van der Waals surface area contributed by atoms with Crippen molar-refractivity contribution in [3.63, 3.8) is 0 Å². The van der Waals surface area contributed by atoms with Gasteiger partial charge in [0.25, 0.3) is 0 Å². The fourth-order valence-corrected chi connectivity index (χ4v) is 2.35. The molecule has 0 radical (unpaired) electrons. The van der Waals surface area contributed by atoms with Gasteiger partial charge in [-0.1, -0.05) is 32.6 Å². The molecule has 2 heteroatoms. The van der Waals surface area contributed by atoms with Crippen LogP contribution in [0.5, 0.6) is 0 Å². The van der Waals surface area contributed by atoms with Crippen LogP contribution in [0.25, 0.3) is 0 Å². The molecule has 0 fully saturated rings. The summed E-state index contributed by atoms with van der Waals surface area (Å²) >= 11 is 1.79. The quantitative estimate of drug-likeness (QED) is 0.629. The maximum Gasteiger partial charge on any atom is -0.000806 e. The maximum atomic E-state index is 3.51. The van der Waals surface area contributed by atoms with E-state index in [-0.39, 0.29) is 0 Å². The molecule has 0 aliphatic rings. The minimum atomic E-state index is 1.13. The van der Waals surface area contributed by atoms with E-state index in [0.717, 1.165) is 6.54 Å². The van der Waals surface area contributed by atoms with Crippen LogP contribution in [-0.2, 0) is 6.42 Å². The Labute approximate surface area is 97.9 Å². The van der Waals surface area contributed by atoms with Crippen LogP contribution >= 0.6 is 11.3 Å². The first-order chi connectivity index (χ1) is 7.43. The topological polar surface area (TPSA) is 12.0 Å². The second-order valence-electron chi connectivity index (χ2n) is 4.05. The zero-order chi connectivity index (χ0) is 10.8. The molecule has 0 saturated carbocycles. The highest BCUT2D eigenvalue weighted by Gasteiger charge is 1.93. The molecule has 15 heavy (non-hydrogen) atoms. The van der Waals surface area contributed by atoms with Gasteiger partial charge in [0.1, 0.15) is 0 Å². The standard InChI is InChI=1S/C13H23NS/c1-2-3-4-5-6-9-14-10-7-13-8-11-15-12-13/h8,11-12,14H,2-7,9-10H2,1H3. The molecule has 0 atom stereocenters. The van der Waals surface area contributed by atoms with E-state index < -0.39 is 0 Å². The van der Waals surface area contributed by atoms with Crippen LogP contribution in [0.4, 0.5) is 0 Å². The van der Waals surface area contributed by atoms with Crippen LogP contribution in [-0.4, -0.2) is 13.1 Å². The van der Waals surface area contributed by atoms with E-state index in [1.807, 2.05) is 0 Å². The molecule has 0 spiro atoms.